The monoisotopic (exact) mass is 321 g/mol. The van der Waals surface area contributed by atoms with Crippen LogP contribution in [0.2, 0.25) is 5.02 Å². The molecule has 2 aromatic carbocycles. The first-order valence-corrected chi connectivity index (χ1v) is 8.01. The van der Waals surface area contributed by atoms with Gasteiger partial charge in [0, 0.05) is 12.1 Å². The van der Waals surface area contributed by atoms with Crippen LogP contribution in [0.15, 0.2) is 53.7 Å². The lowest BCUT2D eigenvalue weighted by Gasteiger charge is -2.08. The van der Waals surface area contributed by atoms with Crippen molar-refractivity contribution in [2.75, 3.05) is 4.72 Å². The molecule has 0 aliphatic rings. The zero-order valence-corrected chi connectivity index (χ0v) is 12.7. The molecular weight excluding hydrogens is 310 g/mol. The van der Waals surface area contributed by atoms with Gasteiger partial charge in [0.2, 0.25) is 0 Å². The van der Waals surface area contributed by atoms with Gasteiger partial charge in [0.15, 0.2) is 0 Å². The molecule has 0 aliphatic carbocycles. The Morgan fingerprint density at radius 2 is 1.86 bits per heavy atom. The number of rotatable bonds is 3. The second kappa shape index (κ2) is 5.05. The van der Waals surface area contributed by atoms with Crippen LogP contribution in [0, 0.1) is 0 Å². The van der Waals surface area contributed by atoms with E-state index < -0.39 is 10.0 Å². The standard InChI is InChI=1S/C14H12ClN3O2S/c1-18-9-16-13-8-11(4-7-14(13)18)17-21(19,20)12-5-2-10(15)3-6-12/h2-9,17H,1H3. The second-order valence-electron chi connectivity index (χ2n) is 4.62. The minimum Gasteiger partial charge on any atom is -0.334 e. The predicted octanol–water partition coefficient (Wildman–Crippen LogP) is 3.03. The fourth-order valence-electron chi connectivity index (χ4n) is 2.03. The Hall–Kier alpha value is -2.05. The van der Waals surface area contributed by atoms with Crippen LogP contribution in [0.4, 0.5) is 5.69 Å². The Balaban J connectivity index is 1.95. The van der Waals surface area contributed by atoms with Crippen molar-refractivity contribution in [2.45, 2.75) is 4.90 Å². The van der Waals surface area contributed by atoms with Crippen molar-refractivity contribution >= 4 is 38.3 Å². The molecule has 0 bridgehead atoms. The molecular formula is C14H12ClN3O2S. The van der Waals surface area contributed by atoms with Gasteiger partial charge >= 0.3 is 0 Å². The summed E-state index contributed by atoms with van der Waals surface area (Å²) in [6, 6.07) is 11.2. The van der Waals surface area contributed by atoms with E-state index in [2.05, 4.69) is 9.71 Å². The lowest BCUT2D eigenvalue weighted by atomic mass is 10.3. The molecule has 1 heterocycles. The first-order chi connectivity index (χ1) is 9.95. The van der Waals surface area contributed by atoms with E-state index in [0.717, 1.165) is 11.0 Å². The van der Waals surface area contributed by atoms with Crippen molar-refractivity contribution in [3.05, 3.63) is 53.8 Å². The summed E-state index contributed by atoms with van der Waals surface area (Å²) in [7, 11) is -1.75. The smallest absolute Gasteiger partial charge is 0.261 e. The highest BCUT2D eigenvalue weighted by Gasteiger charge is 2.14. The number of anilines is 1. The number of aromatic nitrogens is 2. The van der Waals surface area contributed by atoms with Gasteiger partial charge in [0.05, 0.1) is 27.9 Å². The van der Waals surface area contributed by atoms with Crippen molar-refractivity contribution in [3.63, 3.8) is 0 Å². The van der Waals surface area contributed by atoms with Crippen molar-refractivity contribution < 1.29 is 8.42 Å². The van der Waals surface area contributed by atoms with Gasteiger partial charge in [0.25, 0.3) is 10.0 Å². The Kier molecular flexibility index (Phi) is 3.35. The van der Waals surface area contributed by atoms with E-state index in [1.807, 2.05) is 17.7 Å². The minimum atomic E-state index is -3.64. The summed E-state index contributed by atoms with van der Waals surface area (Å²) < 4.78 is 29.0. The van der Waals surface area contributed by atoms with Gasteiger partial charge in [-0.3, -0.25) is 4.72 Å². The third kappa shape index (κ3) is 2.72. The fourth-order valence-corrected chi connectivity index (χ4v) is 3.20. The van der Waals surface area contributed by atoms with Crippen molar-refractivity contribution in [1.82, 2.24) is 9.55 Å². The third-order valence-electron chi connectivity index (χ3n) is 3.10. The normalized spacial score (nSPS) is 11.7. The lowest BCUT2D eigenvalue weighted by Crippen LogP contribution is -2.12. The van der Waals surface area contributed by atoms with Gasteiger partial charge in [-0.25, -0.2) is 13.4 Å². The van der Waals surface area contributed by atoms with Crippen LogP contribution in [0.3, 0.4) is 0 Å². The molecule has 0 fully saturated rings. The molecule has 0 spiro atoms. The summed E-state index contributed by atoms with van der Waals surface area (Å²) in [4.78, 5) is 4.36. The molecule has 0 unspecified atom stereocenters. The Morgan fingerprint density at radius 3 is 2.57 bits per heavy atom. The summed E-state index contributed by atoms with van der Waals surface area (Å²) in [5.74, 6) is 0. The summed E-state index contributed by atoms with van der Waals surface area (Å²) in [5.41, 5.74) is 2.13. The molecule has 0 saturated carbocycles. The molecule has 108 valence electrons. The fraction of sp³-hybridized carbons (Fsp3) is 0.0714. The first kappa shape index (κ1) is 13.9. The number of aryl methyl sites for hydroxylation is 1. The SMILES string of the molecule is Cn1cnc2cc(NS(=O)(=O)c3ccc(Cl)cc3)ccc21. The van der Waals surface area contributed by atoms with Crippen molar-refractivity contribution in [1.29, 1.82) is 0 Å². The average molecular weight is 322 g/mol. The van der Waals surface area contributed by atoms with Gasteiger partial charge in [-0.15, -0.1) is 0 Å². The summed E-state index contributed by atoms with van der Waals surface area (Å²) in [5, 5.41) is 0.490. The number of sulfonamides is 1. The highest BCUT2D eigenvalue weighted by atomic mass is 35.5. The van der Waals surface area contributed by atoms with E-state index in [9.17, 15) is 8.42 Å². The number of benzene rings is 2. The van der Waals surface area contributed by atoms with E-state index in [1.54, 1.807) is 18.5 Å². The number of nitrogens with one attached hydrogen (secondary N) is 1. The molecule has 5 nitrogen and oxygen atoms in total. The molecule has 0 atom stereocenters. The molecule has 0 radical (unpaired) electrons. The Labute approximate surface area is 127 Å². The van der Waals surface area contributed by atoms with Crippen molar-refractivity contribution in [3.8, 4) is 0 Å². The molecule has 3 rings (SSSR count). The van der Waals surface area contributed by atoms with Crippen LogP contribution in [-0.4, -0.2) is 18.0 Å². The largest absolute Gasteiger partial charge is 0.334 e. The van der Waals surface area contributed by atoms with Crippen LogP contribution < -0.4 is 4.72 Å². The first-order valence-electron chi connectivity index (χ1n) is 6.15. The summed E-state index contributed by atoms with van der Waals surface area (Å²) in [6.45, 7) is 0. The zero-order valence-electron chi connectivity index (χ0n) is 11.1. The molecule has 0 aliphatic heterocycles. The third-order valence-corrected chi connectivity index (χ3v) is 4.75. The molecule has 0 saturated heterocycles. The van der Waals surface area contributed by atoms with Gasteiger partial charge in [-0.1, -0.05) is 11.6 Å². The maximum atomic E-state index is 12.3. The van der Waals surface area contributed by atoms with E-state index in [-0.39, 0.29) is 4.90 Å². The van der Waals surface area contributed by atoms with E-state index in [0.29, 0.717) is 10.7 Å². The van der Waals surface area contributed by atoms with Crippen LogP contribution in [0.5, 0.6) is 0 Å². The molecule has 0 amide bonds. The summed E-state index contributed by atoms with van der Waals surface area (Å²) in [6.07, 6.45) is 1.68. The molecule has 1 aromatic heterocycles. The van der Waals surface area contributed by atoms with Gasteiger partial charge < -0.3 is 4.57 Å². The van der Waals surface area contributed by atoms with Crippen LogP contribution in [-0.2, 0) is 17.1 Å². The van der Waals surface area contributed by atoms with E-state index in [1.165, 1.54) is 24.3 Å². The van der Waals surface area contributed by atoms with E-state index in [4.69, 9.17) is 11.6 Å². The highest BCUT2D eigenvalue weighted by molar-refractivity contribution is 7.92. The molecule has 3 aromatic rings. The van der Waals surface area contributed by atoms with Gasteiger partial charge in [0.1, 0.15) is 0 Å². The predicted molar refractivity (Wildman–Crippen MR) is 83.0 cm³/mol. The number of hydrogen-bond acceptors (Lipinski definition) is 3. The van der Waals surface area contributed by atoms with Gasteiger partial charge in [-0.2, -0.15) is 0 Å². The Bertz CT molecular complexity index is 902. The topological polar surface area (TPSA) is 64.0 Å². The number of nitrogens with zero attached hydrogens (tertiary/aromatic N) is 2. The number of hydrogen-bond donors (Lipinski definition) is 1. The van der Waals surface area contributed by atoms with Crippen molar-refractivity contribution in [2.24, 2.45) is 7.05 Å². The average Bonchev–Trinajstić information content (AvgIpc) is 2.80. The second-order valence-corrected chi connectivity index (χ2v) is 6.74. The summed E-state index contributed by atoms with van der Waals surface area (Å²) >= 11 is 5.76. The van der Waals surface area contributed by atoms with Crippen LogP contribution in [0.25, 0.3) is 11.0 Å². The van der Waals surface area contributed by atoms with E-state index >= 15 is 0 Å². The molecule has 21 heavy (non-hydrogen) atoms. The quantitative estimate of drug-likeness (QED) is 0.806. The maximum Gasteiger partial charge on any atom is 0.261 e. The van der Waals surface area contributed by atoms with Gasteiger partial charge in [-0.05, 0) is 42.5 Å². The molecule has 1 N–H and O–H groups in total. The zero-order chi connectivity index (χ0) is 15.0. The number of imidazole rings is 1. The van der Waals surface area contributed by atoms with Crippen LogP contribution in [0.1, 0.15) is 0 Å². The minimum absolute atomic E-state index is 0.160. The number of fused-ring (bicyclic) bond motifs is 1. The van der Waals surface area contributed by atoms with Crippen LogP contribution >= 0.6 is 11.6 Å². The highest BCUT2D eigenvalue weighted by Crippen LogP contribution is 2.21. The number of halogens is 1. The lowest BCUT2D eigenvalue weighted by molar-refractivity contribution is 0.601. The Morgan fingerprint density at radius 1 is 1.14 bits per heavy atom. The molecule has 7 heteroatoms. The maximum absolute atomic E-state index is 12.3.